The molecule has 0 bridgehead atoms. The first-order chi connectivity index (χ1) is 10.3. The van der Waals surface area contributed by atoms with Crippen LogP contribution >= 0.6 is 11.6 Å². The number of aldehydes is 1. The molecule has 1 heterocycles. The number of nitrogens with one attached hydrogen (secondary N) is 1. The highest BCUT2D eigenvalue weighted by Crippen LogP contribution is 2.31. The zero-order chi connectivity index (χ0) is 16.3. The van der Waals surface area contributed by atoms with Crippen LogP contribution in [0.5, 0.6) is 0 Å². The van der Waals surface area contributed by atoms with E-state index in [2.05, 4.69) is 5.32 Å². The second-order valence-electron chi connectivity index (χ2n) is 6.37. The van der Waals surface area contributed by atoms with Gasteiger partial charge in [0.15, 0.2) is 6.29 Å². The fourth-order valence-electron chi connectivity index (χ4n) is 2.52. The third-order valence-corrected chi connectivity index (χ3v) is 3.68. The van der Waals surface area contributed by atoms with Gasteiger partial charge in [0.25, 0.3) is 0 Å². The summed E-state index contributed by atoms with van der Waals surface area (Å²) in [5.41, 5.74) is 0.772. The molecule has 1 aliphatic rings. The second-order valence-corrected chi connectivity index (χ2v) is 6.78. The predicted octanol–water partition coefficient (Wildman–Crippen LogP) is 3.26. The number of anilines is 1. The SMILES string of the molecule is CC(C)(C)OC(=O)N[C@H]1CCN(c2c(Cl)cccc2C=O)C1. The lowest BCUT2D eigenvalue weighted by Crippen LogP contribution is -2.40. The third-order valence-electron chi connectivity index (χ3n) is 3.37. The van der Waals surface area contributed by atoms with Gasteiger partial charge in [-0.3, -0.25) is 4.79 Å². The van der Waals surface area contributed by atoms with Crippen LogP contribution in [-0.4, -0.2) is 37.1 Å². The Labute approximate surface area is 135 Å². The zero-order valence-electron chi connectivity index (χ0n) is 13.1. The number of hydrogen-bond acceptors (Lipinski definition) is 4. The highest BCUT2D eigenvalue weighted by atomic mass is 35.5. The first kappa shape index (κ1) is 16.6. The molecule has 2 rings (SSSR count). The smallest absolute Gasteiger partial charge is 0.407 e. The van der Waals surface area contributed by atoms with Gasteiger partial charge in [-0.15, -0.1) is 0 Å². The first-order valence-corrected chi connectivity index (χ1v) is 7.66. The van der Waals surface area contributed by atoms with Gasteiger partial charge in [-0.25, -0.2) is 4.79 Å². The average molecular weight is 325 g/mol. The van der Waals surface area contributed by atoms with Crippen molar-refractivity contribution in [3.8, 4) is 0 Å². The summed E-state index contributed by atoms with van der Waals surface area (Å²) in [6, 6.07) is 5.23. The molecule has 1 aromatic carbocycles. The Morgan fingerprint density at radius 3 is 2.82 bits per heavy atom. The normalized spacial score (nSPS) is 18.2. The van der Waals surface area contributed by atoms with E-state index in [9.17, 15) is 9.59 Å². The summed E-state index contributed by atoms with van der Waals surface area (Å²) in [6.45, 7) is 6.81. The van der Waals surface area contributed by atoms with Crippen molar-refractivity contribution in [2.75, 3.05) is 18.0 Å². The summed E-state index contributed by atoms with van der Waals surface area (Å²) in [4.78, 5) is 25.0. The summed E-state index contributed by atoms with van der Waals surface area (Å²) in [7, 11) is 0. The van der Waals surface area contributed by atoms with Crippen LogP contribution in [0.4, 0.5) is 10.5 Å². The monoisotopic (exact) mass is 324 g/mol. The van der Waals surface area contributed by atoms with Crippen LogP contribution in [0.2, 0.25) is 5.02 Å². The lowest BCUT2D eigenvalue weighted by molar-refractivity contribution is 0.0509. The molecule has 1 amide bonds. The molecular weight excluding hydrogens is 304 g/mol. The van der Waals surface area contributed by atoms with Gasteiger partial charge in [0, 0.05) is 18.7 Å². The van der Waals surface area contributed by atoms with E-state index in [0.29, 0.717) is 17.1 Å². The van der Waals surface area contributed by atoms with E-state index in [1.54, 1.807) is 18.2 Å². The van der Waals surface area contributed by atoms with E-state index in [-0.39, 0.29) is 6.04 Å². The molecule has 1 aromatic rings. The number of nitrogens with zero attached hydrogens (tertiary/aromatic N) is 1. The summed E-state index contributed by atoms with van der Waals surface area (Å²) in [5, 5.41) is 3.40. The molecule has 0 saturated carbocycles. The molecule has 120 valence electrons. The van der Waals surface area contributed by atoms with E-state index in [1.165, 1.54) is 0 Å². The Morgan fingerprint density at radius 2 is 2.18 bits per heavy atom. The van der Waals surface area contributed by atoms with E-state index in [0.717, 1.165) is 24.9 Å². The Morgan fingerprint density at radius 1 is 1.45 bits per heavy atom. The molecule has 0 radical (unpaired) electrons. The summed E-state index contributed by atoms with van der Waals surface area (Å²) in [5.74, 6) is 0. The van der Waals surface area contributed by atoms with Crippen molar-refractivity contribution in [1.29, 1.82) is 0 Å². The van der Waals surface area contributed by atoms with Crippen molar-refractivity contribution in [3.63, 3.8) is 0 Å². The molecule has 1 fully saturated rings. The number of benzene rings is 1. The number of carbonyl (C=O) groups is 2. The number of ether oxygens (including phenoxy) is 1. The quantitative estimate of drug-likeness (QED) is 0.867. The van der Waals surface area contributed by atoms with Gasteiger partial charge in [-0.2, -0.15) is 0 Å². The molecule has 22 heavy (non-hydrogen) atoms. The van der Waals surface area contributed by atoms with Crippen molar-refractivity contribution in [2.45, 2.75) is 38.8 Å². The van der Waals surface area contributed by atoms with Crippen molar-refractivity contribution in [2.24, 2.45) is 0 Å². The number of hydrogen-bond donors (Lipinski definition) is 1. The third kappa shape index (κ3) is 4.13. The minimum absolute atomic E-state index is 0.0226. The minimum Gasteiger partial charge on any atom is -0.444 e. The lowest BCUT2D eigenvalue weighted by atomic mass is 10.2. The number of para-hydroxylation sites is 1. The molecule has 1 N–H and O–H groups in total. The molecule has 1 atom stereocenters. The van der Waals surface area contributed by atoms with Crippen molar-refractivity contribution in [1.82, 2.24) is 5.32 Å². The Balaban J connectivity index is 2.02. The largest absolute Gasteiger partial charge is 0.444 e. The van der Waals surface area contributed by atoms with E-state index >= 15 is 0 Å². The number of rotatable bonds is 3. The van der Waals surface area contributed by atoms with Gasteiger partial charge in [-0.05, 0) is 39.3 Å². The van der Waals surface area contributed by atoms with Crippen LogP contribution < -0.4 is 10.2 Å². The fourth-order valence-corrected chi connectivity index (χ4v) is 2.82. The highest BCUT2D eigenvalue weighted by molar-refractivity contribution is 6.33. The van der Waals surface area contributed by atoms with Crippen molar-refractivity contribution >= 4 is 29.7 Å². The van der Waals surface area contributed by atoms with Crippen LogP contribution in [0.15, 0.2) is 18.2 Å². The van der Waals surface area contributed by atoms with E-state index in [4.69, 9.17) is 16.3 Å². The Hall–Kier alpha value is -1.75. The molecule has 6 heteroatoms. The molecule has 0 spiro atoms. The van der Waals surface area contributed by atoms with Gasteiger partial charge in [0.2, 0.25) is 0 Å². The Bertz CT molecular complexity index is 569. The summed E-state index contributed by atoms with van der Waals surface area (Å²) >= 11 is 6.22. The maximum Gasteiger partial charge on any atom is 0.407 e. The maximum absolute atomic E-state index is 11.8. The van der Waals surface area contributed by atoms with E-state index < -0.39 is 11.7 Å². The van der Waals surface area contributed by atoms with Gasteiger partial charge in [-0.1, -0.05) is 17.7 Å². The number of carbonyl (C=O) groups excluding carboxylic acids is 2. The standard InChI is InChI=1S/C16H21ClN2O3/c1-16(2,3)22-15(21)18-12-7-8-19(9-12)14-11(10-20)5-4-6-13(14)17/h4-6,10,12H,7-9H2,1-3H3,(H,18,21)/t12-/m0/s1. The Kier molecular flexibility index (Phi) is 4.96. The van der Waals surface area contributed by atoms with Crippen LogP contribution in [-0.2, 0) is 4.74 Å². The van der Waals surface area contributed by atoms with Crippen LogP contribution in [0, 0.1) is 0 Å². The highest BCUT2D eigenvalue weighted by Gasteiger charge is 2.28. The predicted molar refractivity (Wildman–Crippen MR) is 86.8 cm³/mol. The molecule has 1 aliphatic heterocycles. The number of amides is 1. The summed E-state index contributed by atoms with van der Waals surface area (Å²) in [6.07, 6.45) is 1.16. The molecule has 5 nitrogen and oxygen atoms in total. The molecular formula is C16H21ClN2O3. The molecule has 1 saturated heterocycles. The van der Waals surface area contributed by atoms with Crippen molar-refractivity contribution in [3.05, 3.63) is 28.8 Å². The minimum atomic E-state index is -0.518. The average Bonchev–Trinajstić information content (AvgIpc) is 2.83. The van der Waals surface area contributed by atoms with Gasteiger partial charge >= 0.3 is 6.09 Å². The lowest BCUT2D eigenvalue weighted by Gasteiger charge is -2.23. The van der Waals surface area contributed by atoms with Gasteiger partial charge < -0.3 is 15.0 Å². The number of alkyl carbamates (subject to hydrolysis) is 1. The first-order valence-electron chi connectivity index (χ1n) is 7.28. The summed E-state index contributed by atoms with van der Waals surface area (Å²) < 4.78 is 5.26. The van der Waals surface area contributed by atoms with Crippen LogP contribution in [0.25, 0.3) is 0 Å². The maximum atomic E-state index is 11.8. The zero-order valence-corrected chi connectivity index (χ0v) is 13.8. The van der Waals surface area contributed by atoms with Crippen LogP contribution in [0.3, 0.4) is 0 Å². The number of halogens is 1. The molecule has 0 aliphatic carbocycles. The fraction of sp³-hybridized carbons (Fsp3) is 0.500. The van der Waals surface area contributed by atoms with Crippen molar-refractivity contribution < 1.29 is 14.3 Å². The van der Waals surface area contributed by atoms with Crippen LogP contribution in [0.1, 0.15) is 37.6 Å². The second kappa shape index (κ2) is 6.57. The molecule has 0 aromatic heterocycles. The van der Waals surface area contributed by atoms with E-state index in [1.807, 2.05) is 25.7 Å². The van der Waals surface area contributed by atoms with Gasteiger partial charge in [0.1, 0.15) is 5.60 Å². The topological polar surface area (TPSA) is 58.6 Å². The van der Waals surface area contributed by atoms with Gasteiger partial charge in [0.05, 0.1) is 16.8 Å². The molecule has 0 unspecified atom stereocenters.